The smallest absolute Gasteiger partial charge is 0.293 e. The summed E-state index contributed by atoms with van der Waals surface area (Å²) in [6.07, 6.45) is 41.5. The molecule has 4 unspecified atom stereocenters. The number of nitrogens with zero attached hydrogens (tertiary/aromatic N) is 17. The highest BCUT2D eigenvalue weighted by Crippen LogP contribution is 2.55. The lowest BCUT2D eigenvalue weighted by Crippen LogP contribution is -2.47. The maximum absolute atomic E-state index is 14.7. The zero-order chi connectivity index (χ0) is 103. The van der Waals surface area contributed by atoms with Gasteiger partial charge >= 0.3 is 0 Å². The van der Waals surface area contributed by atoms with Crippen LogP contribution in [0.15, 0.2) is 141 Å². The lowest BCUT2D eigenvalue weighted by molar-refractivity contribution is -0.383. The first kappa shape index (κ1) is 98.6. The molecule has 33 heteroatoms. The predicted molar refractivity (Wildman–Crippen MR) is 570 cm³/mol. The van der Waals surface area contributed by atoms with Crippen LogP contribution >= 0.6 is 0 Å². The van der Waals surface area contributed by atoms with Crippen molar-refractivity contribution in [3.63, 3.8) is 0 Å². The Balaban J connectivity index is 0.000000102. The Hall–Kier alpha value is -13.8. The Kier molecular flexibility index (Phi) is 26.7. The quantitative estimate of drug-likeness (QED) is 0.0238. The molecule has 5 aromatic carbocycles. The molecular formula is C116H129F7N24O2. The molecule has 12 aromatic heterocycles. The number of anilines is 4. The summed E-state index contributed by atoms with van der Waals surface area (Å²) in [7, 11) is 12.0. The zero-order valence-corrected chi connectivity index (χ0v) is 86.2. The first-order chi connectivity index (χ1) is 72.1. The van der Waals surface area contributed by atoms with E-state index < -0.39 is 28.2 Å². The highest BCUT2D eigenvalue weighted by atomic mass is 19.2. The third-order valence-electron chi connectivity index (χ3n) is 37.1. The molecule has 17 aromatic rings. The Morgan fingerprint density at radius 3 is 1.03 bits per heavy atom. The van der Waals surface area contributed by atoms with Crippen molar-refractivity contribution in [2.45, 2.75) is 194 Å². The Bertz CT molecular complexity index is 7490. The standard InChI is InChI=1S/2C24H29FN4.2C23H24F2N6.C22H23FN4O2/c2*1-14-15-7-9-16(10-8-15)18(14)11-21-20(25)13-27-24(28-21)19-12-26-23-17(19)5-4-6-22(23)29(2)3;2*1-11-12-3-5-13(6-4-12)18(11)26-21-15-7-8-31(2)23(15)28-22(27-21)20-16-9-14(24)10-17(25)19(16)29-30-20;1-12-13-5-7-14(8-6-13)16(12)9-19-18(23)11-25-22(26-19)17-10-24-21-15(17)3-2-4-20(21)27(28)29/h2*4-6,12-16,18,26H,7-11H2,1-3H3;2*7-13,18H,3-6H2,1-2H3,(H,29,30)(H,26,27,28);2-4,10-14,16,24H,5-9H2,1H3/t14-,15?,16?,18+;;2*11-,12?,13?,18+;/m0.10./s1. The molecular weight excluding hydrogens is 1890 g/mol. The zero-order valence-electron chi connectivity index (χ0n) is 86.2. The summed E-state index contributed by atoms with van der Waals surface area (Å²) in [6, 6.07) is 26.2. The van der Waals surface area contributed by atoms with Crippen molar-refractivity contribution in [3.05, 3.63) is 208 Å². The van der Waals surface area contributed by atoms with Crippen molar-refractivity contribution >= 4 is 105 Å². The predicted octanol–water partition coefficient (Wildman–Crippen LogP) is 26.2. The summed E-state index contributed by atoms with van der Waals surface area (Å²) in [5, 5.41) is 37.9. The van der Waals surface area contributed by atoms with Gasteiger partial charge in [0.25, 0.3) is 5.69 Å². The van der Waals surface area contributed by atoms with E-state index in [0.29, 0.717) is 168 Å². The number of benzene rings is 5. The van der Waals surface area contributed by atoms with E-state index in [1.54, 1.807) is 18.3 Å². The fourth-order valence-corrected chi connectivity index (χ4v) is 28.7. The molecule has 7 N–H and O–H groups in total. The van der Waals surface area contributed by atoms with Gasteiger partial charge < -0.3 is 44.5 Å². The molecule has 15 aliphatic carbocycles. The topological polar surface area (TPSA) is 317 Å². The molecule has 0 aliphatic heterocycles. The molecule has 774 valence electrons. The Morgan fingerprint density at radius 2 is 0.691 bits per heavy atom. The van der Waals surface area contributed by atoms with Gasteiger partial charge in [0.05, 0.1) is 73.8 Å². The number of aromatic nitrogens is 19. The van der Waals surface area contributed by atoms with E-state index in [9.17, 15) is 40.8 Å². The van der Waals surface area contributed by atoms with Crippen LogP contribution in [-0.4, -0.2) is 140 Å². The van der Waals surface area contributed by atoms with Crippen LogP contribution < -0.4 is 20.4 Å². The average Bonchev–Trinajstić information content (AvgIpc) is 1.63. The average molecular weight is 2020 g/mol. The minimum Gasteiger partial charge on any atom is -0.376 e. The summed E-state index contributed by atoms with van der Waals surface area (Å²) in [4.78, 5) is 70.7. The number of fused-ring (bicyclic) bond motifs is 22. The van der Waals surface area contributed by atoms with Gasteiger partial charge in [0.15, 0.2) is 58.2 Å². The number of aryl methyl sites for hydroxylation is 2. The third-order valence-corrected chi connectivity index (χ3v) is 37.1. The highest BCUT2D eigenvalue weighted by molar-refractivity contribution is 6.03. The summed E-state index contributed by atoms with van der Waals surface area (Å²) < 4.78 is 104. The van der Waals surface area contributed by atoms with Gasteiger partial charge in [-0.2, -0.15) is 10.2 Å². The van der Waals surface area contributed by atoms with Crippen molar-refractivity contribution < 1.29 is 35.7 Å². The molecule has 15 fully saturated rings. The number of H-pyrrole nitrogens is 5. The third kappa shape index (κ3) is 18.5. The molecule has 26 nitrogen and oxygen atoms in total. The highest BCUT2D eigenvalue weighted by Gasteiger charge is 2.48. The van der Waals surface area contributed by atoms with E-state index in [2.05, 4.69) is 135 Å². The van der Waals surface area contributed by atoms with E-state index in [0.717, 1.165) is 144 Å². The van der Waals surface area contributed by atoms with Crippen LogP contribution in [0.2, 0.25) is 0 Å². The molecule has 15 aliphatic rings. The van der Waals surface area contributed by atoms with E-state index in [1.807, 2.05) is 100 Å². The second-order valence-electron chi connectivity index (χ2n) is 45.2. The summed E-state index contributed by atoms with van der Waals surface area (Å²) >= 11 is 0. The van der Waals surface area contributed by atoms with Crippen LogP contribution in [0.5, 0.6) is 0 Å². The number of nitro benzene ring substituents is 1. The van der Waals surface area contributed by atoms with Crippen molar-refractivity contribution in [2.24, 2.45) is 121 Å². The van der Waals surface area contributed by atoms with Crippen LogP contribution in [0.1, 0.15) is 180 Å². The molecule has 0 saturated heterocycles. The molecule has 149 heavy (non-hydrogen) atoms. The minimum atomic E-state index is -0.706. The molecule has 32 rings (SSSR count). The maximum atomic E-state index is 14.7. The van der Waals surface area contributed by atoms with Crippen LogP contribution in [0.25, 0.3) is 134 Å². The fraction of sp³-hybridized carbons (Fsp3) is 0.466. The molecule has 0 spiro atoms. The van der Waals surface area contributed by atoms with E-state index >= 15 is 0 Å². The first-order valence-corrected chi connectivity index (χ1v) is 53.8. The summed E-state index contributed by atoms with van der Waals surface area (Å²) in [5.41, 5.74) is 11.4. The number of hydrogen-bond acceptors (Lipinski definition) is 18. The van der Waals surface area contributed by atoms with Gasteiger partial charge in [-0.15, -0.1) is 0 Å². The van der Waals surface area contributed by atoms with Gasteiger partial charge in [-0.1, -0.05) is 71.0 Å². The number of non-ortho nitro benzene ring substituents is 1. The van der Waals surface area contributed by atoms with Gasteiger partial charge in [0, 0.05) is 147 Å². The summed E-state index contributed by atoms with van der Waals surface area (Å²) in [6.45, 7) is 11.7. The van der Waals surface area contributed by atoms with Crippen molar-refractivity contribution in [2.75, 3.05) is 48.6 Å². The van der Waals surface area contributed by atoms with Gasteiger partial charge in [-0.3, -0.25) is 20.3 Å². The lowest BCUT2D eigenvalue weighted by Gasteiger charge is -2.47. The number of nitrogens with one attached hydrogen (secondary N) is 7. The van der Waals surface area contributed by atoms with Crippen LogP contribution in [0.4, 0.5) is 59.4 Å². The van der Waals surface area contributed by atoms with Gasteiger partial charge in [-0.05, 0) is 291 Å². The van der Waals surface area contributed by atoms with Crippen molar-refractivity contribution in [1.29, 1.82) is 0 Å². The molecule has 10 atom stereocenters. The van der Waals surface area contributed by atoms with Crippen LogP contribution in [-0.2, 0) is 33.4 Å². The molecule has 0 amide bonds. The van der Waals surface area contributed by atoms with E-state index in [1.165, 1.54) is 165 Å². The number of rotatable bonds is 18. The molecule has 15 saturated carbocycles. The van der Waals surface area contributed by atoms with Gasteiger partial charge in [0.1, 0.15) is 62.5 Å². The van der Waals surface area contributed by atoms with Gasteiger partial charge in [-0.25, -0.2) is 80.6 Å². The number of para-hydroxylation sites is 3. The SMILES string of the molecule is CC1C2CCC(CC2)C1Cc1nc(-c2c[nH]c3c(N(C)C)cccc23)ncc1F.CC1C2CCC(CC2)C1Cc1nc(-c2c[nH]c3c([N+](=O)[O-])cccc23)ncc1F.C[C@@H]1C2CCC(CC2)[C@H]1Nc1nc(-c2[nH]nc3c(F)cc(F)cc23)nc2c1ccn2C.C[C@H]1C2CCC(CC2)[C@@H]1Cc1nc(-c2c[nH]c3c(N(C)C)cccc23)ncc1F.C[C@H]1C2CCC(CC2)[C@@H]1Nc1nc(-c2[nH]nc3c(F)cc(F)cc23)nc2c1ccn2C. The second-order valence-corrected chi connectivity index (χ2v) is 45.2. The minimum absolute atomic E-state index is 0.00291. The number of nitro groups is 1. The number of aromatic amines is 5. The maximum Gasteiger partial charge on any atom is 0.293 e. The summed E-state index contributed by atoms with van der Waals surface area (Å²) in [5.74, 6) is 12.2. The normalized spacial score (nSPS) is 25.9. The van der Waals surface area contributed by atoms with Crippen LogP contribution in [0, 0.1) is 157 Å². The second kappa shape index (κ2) is 40.3. The Morgan fingerprint density at radius 1 is 0.369 bits per heavy atom. The van der Waals surface area contributed by atoms with Gasteiger partial charge in [0.2, 0.25) is 0 Å². The molecule has 10 bridgehead atoms. The van der Waals surface area contributed by atoms with E-state index in [-0.39, 0.29) is 34.2 Å². The van der Waals surface area contributed by atoms with Crippen molar-refractivity contribution in [1.82, 2.24) is 94.3 Å². The molecule has 0 radical (unpaired) electrons. The first-order valence-electron chi connectivity index (χ1n) is 53.8. The number of halogens is 7. The fourth-order valence-electron chi connectivity index (χ4n) is 28.7. The number of hydrogen-bond donors (Lipinski definition) is 7. The monoisotopic (exact) mass is 2020 g/mol. The van der Waals surface area contributed by atoms with Crippen molar-refractivity contribution in [3.8, 4) is 57.2 Å². The van der Waals surface area contributed by atoms with Crippen LogP contribution in [0.3, 0.4) is 0 Å². The largest absolute Gasteiger partial charge is 0.376 e. The van der Waals surface area contributed by atoms with E-state index in [4.69, 9.17) is 29.9 Å². The lowest BCUT2D eigenvalue weighted by atomic mass is 9.58. The molecule has 12 heterocycles. The Labute approximate surface area is 859 Å².